The molecule has 2 aromatic heterocycles. The van der Waals surface area contributed by atoms with E-state index in [9.17, 15) is 4.79 Å². The van der Waals surface area contributed by atoms with Crippen molar-refractivity contribution in [3.05, 3.63) is 24.7 Å². The van der Waals surface area contributed by atoms with Crippen molar-refractivity contribution in [1.29, 1.82) is 0 Å². The second-order valence-corrected chi connectivity index (χ2v) is 22.5. The summed E-state index contributed by atoms with van der Waals surface area (Å²) < 4.78 is 13.1. The van der Waals surface area contributed by atoms with Gasteiger partial charge in [-0.05, 0) is 0 Å². The van der Waals surface area contributed by atoms with Crippen LogP contribution in [0.25, 0.3) is 10.9 Å². The van der Waals surface area contributed by atoms with Crippen molar-refractivity contribution in [3.63, 3.8) is 0 Å². The van der Waals surface area contributed by atoms with Crippen LogP contribution < -0.4 is 3.58 Å². The zero-order chi connectivity index (χ0) is 21.5. The van der Waals surface area contributed by atoms with E-state index in [0.717, 1.165) is 5.52 Å². The molecular weight excluding hydrogens is 467 g/mol. The molecule has 0 amide bonds. The van der Waals surface area contributed by atoms with Crippen LogP contribution in [0.3, 0.4) is 0 Å². The molecule has 0 aliphatic heterocycles. The Balaban J connectivity index is 2.62. The molecule has 2 aromatic rings. The summed E-state index contributed by atoms with van der Waals surface area (Å²) in [5.74, 6) is 0. The molecule has 0 aliphatic carbocycles. The van der Waals surface area contributed by atoms with Crippen molar-refractivity contribution >= 4 is 39.0 Å². The average Bonchev–Trinajstić information content (AvgIpc) is 3.07. The Morgan fingerprint density at radius 2 is 1.59 bits per heavy atom. The van der Waals surface area contributed by atoms with E-state index in [1.54, 1.807) is 4.57 Å². The number of nitrogens with zero attached hydrogens (tertiary/aromatic N) is 2. The van der Waals surface area contributed by atoms with E-state index in [-0.39, 0.29) is 6.09 Å². The third-order valence-electron chi connectivity index (χ3n) is 5.80. The molecule has 162 valence electrons. The first-order valence-corrected chi connectivity index (χ1v) is 18.9. The van der Waals surface area contributed by atoms with Crippen molar-refractivity contribution in [1.82, 2.24) is 9.55 Å². The third kappa shape index (κ3) is 6.22. The van der Waals surface area contributed by atoms with Gasteiger partial charge in [-0.15, -0.1) is 0 Å². The van der Waals surface area contributed by atoms with Gasteiger partial charge in [-0.3, -0.25) is 0 Å². The van der Waals surface area contributed by atoms with Gasteiger partial charge in [0, 0.05) is 0 Å². The zero-order valence-electron chi connectivity index (χ0n) is 19.4. The molecule has 0 fully saturated rings. The minimum absolute atomic E-state index is 0.289. The average molecular weight is 507 g/mol. The van der Waals surface area contributed by atoms with Crippen LogP contribution in [-0.2, 0) is 4.74 Å². The van der Waals surface area contributed by atoms with E-state index < -0.39 is 24.0 Å². The Kier molecular flexibility index (Phi) is 9.05. The van der Waals surface area contributed by atoms with Gasteiger partial charge in [-0.1, -0.05) is 0 Å². The molecule has 5 heteroatoms. The summed E-state index contributed by atoms with van der Waals surface area (Å²) in [5, 5.41) is 1.24. The van der Waals surface area contributed by atoms with Crippen LogP contribution in [-0.4, -0.2) is 39.6 Å². The van der Waals surface area contributed by atoms with Crippen LogP contribution >= 0.6 is 0 Å². The van der Waals surface area contributed by atoms with Gasteiger partial charge < -0.3 is 0 Å². The molecule has 0 N–H and O–H groups in total. The topological polar surface area (TPSA) is 44.1 Å². The number of carbonyl (C=O) groups excluding carboxylic acids is 1. The van der Waals surface area contributed by atoms with E-state index in [0.29, 0.717) is 0 Å². The SMILES string of the molecule is CCC[CH2][Sn]([CH2]CCC)([CH2]CCC)[c]1cn(C(=O)OC(C)(C)C)c2cnccc12. The Hall–Kier alpha value is -1.04. The molecule has 2 rings (SSSR count). The predicted octanol–water partition coefficient (Wildman–Crippen LogP) is 6.88. The predicted molar refractivity (Wildman–Crippen MR) is 126 cm³/mol. The van der Waals surface area contributed by atoms with Crippen LogP contribution in [0.5, 0.6) is 0 Å². The van der Waals surface area contributed by atoms with E-state index in [2.05, 4.69) is 38.0 Å². The van der Waals surface area contributed by atoms with Crippen LogP contribution in [0.15, 0.2) is 24.7 Å². The number of hydrogen-bond acceptors (Lipinski definition) is 3. The summed E-state index contributed by atoms with van der Waals surface area (Å²) in [6.45, 7) is 12.6. The maximum atomic E-state index is 13.0. The van der Waals surface area contributed by atoms with Gasteiger partial charge in [0.25, 0.3) is 0 Å². The first-order valence-electron chi connectivity index (χ1n) is 11.5. The first-order chi connectivity index (χ1) is 13.8. The minimum atomic E-state index is -2.68. The van der Waals surface area contributed by atoms with Crippen LogP contribution in [0.4, 0.5) is 4.79 Å². The monoisotopic (exact) mass is 508 g/mol. The Bertz CT molecular complexity index is 770. The molecule has 4 nitrogen and oxygen atoms in total. The molecule has 0 radical (unpaired) electrons. The number of hydrogen-bond donors (Lipinski definition) is 0. The molecule has 29 heavy (non-hydrogen) atoms. The molecule has 0 spiro atoms. The quantitative estimate of drug-likeness (QED) is 0.330. The summed E-state index contributed by atoms with van der Waals surface area (Å²) in [6, 6.07) is 2.13. The van der Waals surface area contributed by atoms with Crippen molar-refractivity contribution in [3.8, 4) is 0 Å². The van der Waals surface area contributed by atoms with Gasteiger partial charge in [-0.2, -0.15) is 0 Å². The summed E-state index contributed by atoms with van der Waals surface area (Å²) in [5.41, 5.74) is 0.394. The Morgan fingerprint density at radius 3 is 2.07 bits per heavy atom. The molecule has 0 bridgehead atoms. The zero-order valence-corrected chi connectivity index (χ0v) is 22.2. The molecule has 2 heterocycles. The molecule has 0 saturated heterocycles. The van der Waals surface area contributed by atoms with Crippen LogP contribution in [0, 0.1) is 0 Å². The summed E-state index contributed by atoms with van der Waals surface area (Å²) in [6.07, 6.45) is 13.2. The Morgan fingerprint density at radius 1 is 1.03 bits per heavy atom. The maximum absolute atomic E-state index is 13.0. The Labute approximate surface area is 181 Å². The number of ether oxygens (including phenoxy) is 1. The third-order valence-corrected chi connectivity index (χ3v) is 21.4. The second-order valence-electron chi connectivity index (χ2n) is 9.38. The normalized spacial score (nSPS) is 12.5. The van der Waals surface area contributed by atoms with Gasteiger partial charge in [0.05, 0.1) is 0 Å². The fourth-order valence-corrected chi connectivity index (χ4v) is 20.9. The van der Waals surface area contributed by atoms with E-state index in [4.69, 9.17) is 4.74 Å². The summed E-state index contributed by atoms with van der Waals surface area (Å²) in [7, 11) is 0. The standard InChI is InChI=1S/C12H13N2O2.3C4H9.Sn/c1-12(2,3)16-11(15)14-7-5-9-4-6-13-8-10(9)14;3*1-3-4-2;/h4,6-8H,1-3H3;3*1,3-4H2,2H3;. The number of pyridine rings is 1. The number of carbonyl (C=O) groups is 1. The van der Waals surface area contributed by atoms with Gasteiger partial charge >= 0.3 is 182 Å². The number of rotatable bonds is 10. The van der Waals surface area contributed by atoms with E-state index in [1.807, 2.05) is 33.2 Å². The van der Waals surface area contributed by atoms with Crippen molar-refractivity contribution in [2.24, 2.45) is 0 Å². The van der Waals surface area contributed by atoms with Crippen molar-refractivity contribution in [2.45, 2.75) is 99.0 Å². The molecule has 0 aliphatic rings. The van der Waals surface area contributed by atoms with E-state index in [1.165, 1.54) is 60.8 Å². The molecule has 0 saturated carbocycles. The summed E-state index contributed by atoms with van der Waals surface area (Å²) >= 11 is -2.68. The van der Waals surface area contributed by atoms with Gasteiger partial charge in [-0.25, -0.2) is 0 Å². The summed E-state index contributed by atoms with van der Waals surface area (Å²) in [4.78, 5) is 17.3. The first kappa shape index (κ1) is 24.2. The van der Waals surface area contributed by atoms with Crippen molar-refractivity contribution < 1.29 is 9.53 Å². The number of aromatic nitrogens is 2. The van der Waals surface area contributed by atoms with Gasteiger partial charge in [0.2, 0.25) is 0 Å². The van der Waals surface area contributed by atoms with Gasteiger partial charge in [0.1, 0.15) is 0 Å². The molecule has 0 atom stereocenters. The van der Waals surface area contributed by atoms with Crippen LogP contribution in [0.1, 0.15) is 80.1 Å². The van der Waals surface area contributed by atoms with Crippen LogP contribution in [0.2, 0.25) is 13.3 Å². The fraction of sp³-hybridized carbons (Fsp3) is 0.667. The molecule has 0 unspecified atom stereocenters. The van der Waals surface area contributed by atoms with Gasteiger partial charge in [0.15, 0.2) is 0 Å². The molecule has 0 aromatic carbocycles. The molecular formula is C24H40N2O2Sn. The van der Waals surface area contributed by atoms with Crippen molar-refractivity contribution in [2.75, 3.05) is 0 Å². The second kappa shape index (κ2) is 10.8. The number of fused-ring (bicyclic) bond motifs is 1. The van der Waals surface area contributed by atoms with E-state index >= 15 is 0 Å². The number of unbranched alkanes of at least 4 members (excludes halogenated alkanes) is 3. The fourth-order valence-electron chi connectivity index (χ4n) is 4.28.